The molecule has 0 unspecified atom stereocenters. The van der Waals surface area contributed by atoms with Gasteiger partial charge >= 0.3 is 0 Å². The number of benzene rings is 1. The third-order valence-corrected chi connectivity index (χ3v) is 3.09. The van der Waals surface area contributed by atoms with Gasteiger partial charge in [-0.1, -0.05) is 22.0 Å². The van der Waals surface area contributed by atoms with Crippen molar-refractivity contribution in [1.29, 1.82) is 0 Å². The Bertz CT molecular complexity index is 458. The zero-order valence-corrected chi connectivity index (χ0v) is 10.2. The van der Waals surface area contributed by atoms with Crippen LogP contribution in [0, 0.1) is 0 Å². The molecule has 1 aromatic carbocycles. The number of thiazole rings is 1. The number of aliphatic hydroxyl groups excluding tert-OH is 1. The molecule has 0 saturated carbocycles. The number of halogens is 1. The molecule has 0 aliphatic carbocycles. The van der Waals surface area contributed by atoms with Gasteiger partial charge in [0.1, 0.15) is 0 Å². The maximum absolute atomic E-state index is 8.87. The first-order chi connectivity index (χ1) is 7.28. The summed E-state index contributed by atoms with van der Waals surface area (Å²) in [7, 11) is 0. The first-order valence-electron chi connectivity index (χ1n) is 4.36. The maximum Gasteiger partial charge on any atom is 0.187 e. The van der Waals surface area contributed by atoms with E-state index in [1.807, 2.05) is 29.6 Å². The first-order valence-corrected chi connectivity index (χ1v) is 6.03. The fourth-order valence-corrected chi connectivity index (χ4v) is 2.25. The minimum absolute atomic E-state index is 0.0172. The Hall–Kier alpha value is -0.910. The minimum atomic E-state index is -0.0172. The number of anilines is 2. The van der Waals surface area contributed by atoms with Crippen molar-refractivity contribution in [1.82, 2.24) is 4.98 Å². The monoisotopic (exact) mass is 284 g/mol. The molecular weight excluding hydrogens is 276 g/mol. The van der Waals surface area contributed by atoms with Crippen LogP contribution < -0.4 is 5.32 Å². The highest BCUT2D eigenvalue weighted by atomic mass is 79.9. The van der Waals surface area contributed by atoms with Crippen molar-refractivity contribution in [2.75, 3.05) is 5.32 Å². The van der Waals surface area contributed by atoms with E-state index < -0.39 is 0 Å². The van der Waals surface area contributed by atoms with E-state index in [9.17, 15) is 0 Å². The van der Waals surface area contributed by atoms with Gasteiger partial charge in [0, 0.05) is 15.5 Å². The van der Waals surface area contributed by atoms with Crippen molar-refractivity contribution in [3.8, 4) is 0 Å². The number of hydrogen-bond acceptors (Lipinski definition) is 4. The molecule has 0 bridgehead atoms. The lowest BCUT2D eigenvalue weighted by atomic mass is 10.3. The molecule has 0 saturated heterocycles. The second-order valence-corrected chi connectivity index (χ2v) is 4.71. The van der Waals surface area contributed by atoms with Gasteiger partial charge in [-0.2, -0.15) is 0 Å². The summed E-state index contributed by atoms with van der Waals surface area (Å²) in [4.78, 5) is 4.20. The van der Waals surface area contributed by atoms with Crippen LogP contribution in [-0.2, 0) is 6.61 Å². The molecule has 78 valence electrons. The quantitative estimate of drug-likeness (QED) is 0.910. The zero-order chi connectivity index (χ0) is 10.7. The highest BCUT2D eigenvalue weighted by Crippen LogP contribution is 2.23. The number of hydrogen-bond donors (Lipinski definition) is 2. The van der Waals surface area contributed by atoms with Crippen LogP contribution in [0.5, 0.6) is 0 Å². The van der Waals surface area contributed by atoms with Crippen molar-refractivity contribution in [2.45, 2.75) is 6.61 Å². The lowest BCUT2D eigenvalue weighted by molar-refractivity contribution is 0.278. The van der Waals surface area contributed by atoms with Crippen LogP contribution in [0.25, 0.3) is 0 Å². The number of aromatic nitrogens is 1. The van der Waals surface area contributed by atoms with Crippen LogP contribution in [0.4, 0.5) is 10.8 Å². The number of aliphatic hydroxyl groups is 1. The van der Waals surface area contributed by atoms with Gasteiger partial charge in [-0.05, 0) is 18.2 Å². The van der Waals surface area contributed by atoms with Gasteiger partial charge in [0.2, 0.25) is 0 Å². The molecule has 2 rings (SSSR count). The third kappa shape index (κ3) is 2.77. The maximum atomic E-state index is 8.87. The van der Waals surface area contributed by atoms with Crippen molar-refractivity contribution < 1.29 is 5.11 Å². The third-order valence-electron chi connectivity index (χ3n) is 1.79. The molecule has 0 spiro atoms. The van der Waals surface area contributed by atoms with Gasteiger partial charge in [-0.15, -0.1) is 11.3 Å². The smallest absolute Gasteiger partial charge is 0.187 e. The Kier molecular flexibility index (Phi) is 3.35. The zero-order valence-electron chi connectivity index (χ0n) is 7.77. The summed E-state index contributed by atoms with van der Waals surface area (Å²) in [6, 6.07) is 7.85. The summed E-state index contributed by atoms with van der Waals surface area (Å²) >= 11 is 4.87. The molecule has 0 amide bonds. The Morgan fingerprint density at radius 2 is 2.33 bits per heavy atom. The van der Waals surface area contributed by atoms with E-state index in [4.69, 9.17) is 5.11 Å². The van der Waals surface area contributed by atoms with Gasteiger partial charge in [0.25, 0.3) is 0 Å². The summed E-state index contributed by atoms with van der Waals surface area (Å²) in [5.41, 5.74) is 1.67. The molecule has 0 atom stereocenters. The summed E-state index contributed by atoms with van der Waals surface area (Å²) in [6.07, 6.45) is 0. The van der Waals surface area contributed by atoms with Crippen LogP contribution in [-0.4, -0.2) is 10.1 Å². The van der Waals surface area contributed by atoms with E-state index in [2.05, 4.69) is 26.2 Å². The Morgan fingerprint density at radius 3 is 3.00 bits per heavy atom. The summed E-state index contributed by atoms with van der Waals surface area (Å²) in [5.74, 6) is 0. The molecule has 0 aliphatic rings. The topological polar surface area (TPSA) is 45.1 Å². The predicted octanol–water partition coefficient (Wildman–Crippen LogP) is 3.14. The molecule has 0 fully saturated rings. The summed E-state index contributed by atoms with van der Waals surface area (Å²) in [5, 5.41) is 14.7. The van der Waals surface area contributed by atoms with E-state index in [0.29, 0.717) is 5.69 Å². The molecule has 15 heavy (non-hydrogen) atoms. The number of rotatable bonds is 3. The molecule has 0 radical (unpaired) electrons. The normalized spacial score (nSPS) is 10.3. The SMILES string of the molecule is OCc1csc(Nc2cccc(Br)c2)n1. The molecule has 3 nitrogen and oxygen atoms in total. The van der Waals surface area contributed by atoms with Gasteiger partial charge in [-0.25, -0.2) is 4.98 Å². The van der Waals surface area contributed by atoms with Crippen LogP contribution in [0.15, 0.2) is 34.1 Å². The average Bonchev–Trinajstić information content (AvgIpc) is 2.65. The second kappa shape index (κ2) is 4.74. The molecule has 2 aromatic rings. The molecule has 0 aliphatic heterocycles. The summed E-state index contributed by atoms with van der Waals surface area (Å²) < 4.78 is 1.02. The molecular formula is C10H9BrN2OS. The number of nitrogens with one attached hydrogen (secondary N) is 1. The van der Waals surface area contributed by atoms with E-state index in [1.165, 1.54) is 11.3 Å². The fraction of sp³-hybridized carbons (Fsp3) is 0.100. The van der Waals surface area contributed by atoms with Crippen molar-refractivity contribution in [3.63, 3.8) is 0 Å². The van der Waals surface area contributed by atoms with Crippen LogP contribution in [0.3, 0.4) is 0 Å². The summed E-state index contributed by atoms with van der Waals surface area (Å²) in [6.45, 7) is -0.0172. The lowest BCUT2D eigenvalue weighted by Crippen LogP contribution is -1.90. The Labute approximate surface area is 99.9 Å². The van der Waals surface area contributed by atoms with E-state index >= 15 is 0 Å². The lowest BCUT2D eigenvalue weighted by Gasteiger charge is -2.01. The average molecular weight is 285 g/mol. The molecule has 5 heteroatoms. The number of nitrogens with zero attached hydrogens (tertiary/aromatic N) is 1. The second-order valence-electron chi connectivity index (χ2n) is 2.94. The Morgan fingerprint density at radius 1 is 1.47 bits per heavy atom. The molecule has 2 N–H and O–H groups in total. The van der Waals surface area contributed by atoms with Crippen LogP contribution in [0.2, 0.25) is 0 Å². The largest absolute Gasteiger partial charge is 0.390 e. The minimum Gasteiger partial charge on any atom is -0.390 e. The van der Waals surface area contributed by atoms with Gasteiger partial charge in [0.05, 0.1) is 12.3 Å². The standard InChI is InChI=1S/C10H9BrN2OS/c11-7-2-1-3-8(4-7)12-10-13-9(5-14)6-15-10/h1-4,6,14H,5H2,(H,12,13). The van der Waals surface area contributed by atoms with Crippen LogP contribution >= 0.6 is 27.3 Å². The fourth-order valence-electron chi connectivity index (χ4n) is 1.13. The molecule has 1 aromatic heterocycles. The molecule has 1 heterocycles. The van der Waals surface area contributed by atoms with E-state index in [0.717, 1.165) is 15.3 Å². The van der Waals surface area contributed by atoms with E-state index in [1.54, 1.807) is 0 Å². The van der Waals surface area contributed by atoms with Crippen molar-refractivity contribution in [3.05, 3.63) is 39.8 Å². The van der Waals surface area contributed by atoms with Gasteiger partial charge < -0.3 is 10.4 Å². The Balaban J connectivity index is 2.14. The van der Waals surface area contributed by atoms with Crippen molar-refractivity contribution >= 4 is 38.1 Å². The highest BCUT2D eigenvalue weighted by Gasteiger charge is 2.01. The van der Waals surface area contributed by atoms with Gasteiger partial charge in [0.15, 0.2) is 5.13 Å². The highest BCUT2D eigenvalue weighted by molar-refractivity contribution is 9.10. The van der Waals surface area contributed by atoms with Crippen LogP contribution in [0.1, 0.15) is 5.69 Å². The van der Waals surface area contributed by atoms with Gasteiger partial charge in [-0.3, -0.25) is 0 Å². The van der Waals surface area contributed by atoms with E-state index in [-0.39, 0.29) is 6.61 Å². The predicted molar refractivity (Wildman–Crippen MR) is 65.5 cm³/mol. The van der Waals surface area contributed by atoms with Crippen molar-refractivity contribution in [2.24, 2.45) is 0 Å². The first kappa shape index (κ1) is 10.6.